The van der Waals surface area contributed by atoms with Crippen LogP contribution < -0.4 is 20.1 Å². The Morgan fingerprint density at radius 3 is 2.34 bits per heavy atom. The number of piperidine rings is 1. The molecular weight excluding hydrogens is 374 g/mol. The molecule has 1 saturated heterocycles. The Morgan fingerprint density at radius 2 is 1.69 bits per heavy atom. The van der Waals surface area contributed by atoms with Crippen LogP contribution in [0.5, 0.6) is 11.5 Å². The smallest absolute Gasteiger partial charge is 0.321 e. The Kier molecular flexibility index (Phi) is 6.74. The molecule has 1 aromatic rings. The van der Waals surface area contributed by atoms with Crippen LogP contribution in [-0.4, -0.2) is 61.0 Å². The zero-order valence-corrected chi connectivity index (χ0v) is 17.2. The van der Waals surface area contributed by atoms with Crippen molar-refractivity contribution in [3.63, 3.8) is 0 Å². The molecular formula is C21H29N3O5. The highest BCUT2D eigenvalue weighted by molar-refractivity contribution is 5.99. The van der Waals surface area contributed by atoms with Gasteiger partial charge in [0.15, 0.2) is 17.3 Å². The van der Waals surface area contributed by atoms with Gasteiger partial charge in [0, 0.05) is 17.5 Å². The van der Waals surface area contributed by atoms with Crippen molar-refractivity contribution < 1.29 is 23.9 Å². The number of imide groups is 1. The molecule has 3 amide bonds. The standard InChI is InChI=1S/C21H29N3O5/c1-13(2)22-21(27)23-20(26)14(3)24-8-6-15(7-9-24)19(25)16-4-5-17-18(12-16)29-11-10-28-17/h4-5,12-15H,6-11H2,1-3H3,(H2,22,23,26,27)/t14-/m0/s1. The summed E-state index contributed by atoms with van der Waals surface area (Å²) in [5.74, 6) is 0.955. The molecule has 0 unspecified atom stereocenters. The first-order chi connectivity index (χ1) is 13.8. The van der Waals surface area contributed by atoms with Crippen LogP contribution in [0.25, 0.3) is 0 Å². The van der Waals surface area contributed by atoms with Crippen molar-refractivity contribution in [3.05, 3.63) is 23.8 Å². The second-order valence-electron chi connectivity index (χ2n) is 7.83. The van der Waals surface area contributed by atoms with Gasteiger partial charge < -0.3 is 14.8 Å². The van der Waals surface area contributed by atoms with Gasteiger partial charge >= 0.3 is 6.03 Å². The van der Waals surface area contributed by atoms with Crippen molar-refractivity contribution in [1.29, 1.82) is 0 Å². The highest BCUT2D eigenvalue weighted by atomic mass is 16.6. The predicted octanol–water partition coefficient (Wildman–Crippen LogP) is 1.98. The molecule has 8 nitrogen and oxygen atoms in total. The number of carbonyl (C=O) groups excluding carboxylic acids is 3. The topological polar surface area (TPSA) is 97.0 Å². The minimum Gasteiger partial charge on any atom is -0.486 e. The third-order valence-electron chi connectivity index (χ3n) is 5.31. The molecule has 0 saturated carbocycles. The number of rotatable bonds is 5. The molecule has 8 heteroatoms. The molecule has 1 aromatic carbocycles. The molecule has 158 valence electrons. The van der Waals surface area contributed by atoms with Gasteiger partial charge in [-0.05, 0) is 64.9 Å². The number of hydrogen-bond acceptors (Lipinski definition) is 6. The van der Waals surface area contributed by atoms with E-state index < -0.39 is 12.1 Å². The van der Waals surface area contributed by atoms with Crippen LogP contribution in [0.15, 0.2) is 18.2 Å². The summed E-state index contributed by atoms with van der Waals surface area (Å²) in [4.78, 5) is 38.9. The summed E-state index contributed by atoms with van der Waals surface area (Å²) in [7, 11) is 0. The first-order valence-electron chi connectivity index (χ1n) is 10.1. The molecule has 0 aromatic heterocycles. The van der Waals surface area contributed by atoms with E-state index in [1.165, 1.54) is 0 Å². The lowest BCUT2D eigenvalue weighted by atomic mass is 9.88. The van der Waals surface area contributed by atoms with E-state index >= 15 is 0 Å². The van der Waals surface area contributed by atoms with E-state index in [0.717, 1.165) is 0 Å². The van der Waals surface area contributed by atoms with Gasteiger partial charge in [-0.15, -0.1) is 0 Å². The zero-order chi connectivity index (χ0) is 21.0. The number of ether oxygens (including phenoxy) is 2. The van der Waals surface area contributed by atoms with E-state index in [9.17, 15) is 14.4 Å². The number of urea groups is 1. The fourth-order valence-electron chi connectivity index (χ4n) is 3.66. The van der Waals surface area contributed by atoms with Gasteiger partial charge in [0.05, 0.1) is 6.04 Å². The maximum absolute atomic E-state index is 12.9. The molecule has 1 fully saturated rings. The number of hydrogen-bond donors (Lipinski definition) is 2. The van der Waals surface area contributed by atoms with Crippen molar-refractivity contribution in [2.45, 2.75) is 45.7 Å². The molecule has 3 rings (SSSR count). The Bertz CT molecular complexity index is 772. The zero-order valence-electron chi connectivity index (χ0n) is 17.2. The van der Waals surface area contributed by atoms with E-state index in [2.05, 4.69) is 10.6 Å². The fourth-order valence-corrected chi connectivity index (χ4v) is 3.66. The molecule has 0 spiro atoms. The monoisotopic (exact) mass is 403 g/mol. The number of amides is 3. The third-order valence-corrected chi connectivity index (χ3v) is 5.31. The van der Waals surface area contributed by atoms with E-state index in [4.69, 9.17) is 9.47 Å². The predicted molar refractivity (Wildman–Crippen MR) is 107 cm³/mol. The maximum atomic E-state index is 12.9. The molecule has 2 aliphatic heterocycles. The Morgan fingerprint density at radius 1 is 1.03 bits per heavy atom. The number of carbonyl (C=O) groups is 3. The van der Waals surface area contributed by atoms with Crippen LogP contribution in [0.3, 0.4) is 0 Å². The van der Waals surface area contributed by atoms with E-state index in [1.54, 1.807) is 25.1 Å². The number of ketones is 1. The van der Waals surface area contributed by atoms with Gasteiger partial charge in [-0.1, -0.05) is 0 Å². The van der Waals surface area contributed by atoms with Gasteiger partial charge in [-0.25, -0.2) is 4.79 Å². The lowest BCUT2D eigenvalue weighted by molar-refractivity contribution is -0.125. The molecule has 0 aliphatic carbocycles. The number of likely N-dealkylation sites (tertiary alicyclic amines) is 1. The first kappa shape index (κ1) is 21.1. The minimum absolute atomic E-state index is 0.0413. The summed E-state index contributed by atoms with van der Waals surface area (Å²) in [6.45, 7) is 7.69. The summed E-state index contributed by atoms with van der Waals surface area (Å²) in [5.41, 5.74) is 0.629. The van der Waals surface area contributed by atoms with Crippen molar-refractivity contribution in [3.8, 4) is 11.5 Å². The minimum atomic E-state index is -0.486. The lowest BCUT2D eigenvalue weighted by Gasteiger charge is -2.34. The lowest BCUT2D eigenvalue weighted by Crippen LogP contribution is -2.52. The summed E-state index contributed by atoms with van der Waals surface area (Å²) in [6, 6.07) is 4.36. The fraction of sp³-hybridized carbons (Fsp3) is 0.571. The number of fused-ring (bicyclic) bond motifs is 1. The van der Waals surface area contributed by atoms with E-state index in [1.807, 2.05) is 18.7 Å². The maximum Gasteiger partial charge on any atom is 0.321 e. The van der Waals surface area contributed by atoms with Crippen LogP contribution >= 0.6 is 0 Å². The number of Topliss-reactive ketones (excluding diaryl/α,β-unsaturated/α-hetero) is 1. The Labute approximate surface area is 170 Å². The molecule has 2 N–H and O–H groups in total. The second kappa shape index (κ2) is 9.26. The van der Waals surface area contributed by atoms with Crippen molar-refractivity contribution in [2.24, 2.45) is 5.92 Å². The first-order valence-corrected chi connectivity index (χ1v) is 10.1. The average Bonchev–Trinajstić information content (AvgIpc) is 2.71. The normalized spacial score (nSPS) is 18.2. The average molecular weight is 403 g/mol. The third kappa shape index (κ3) is 5.26. The second-order valence-corrected chi connectivity index (χ2v) is 7.83. The van der Waals surface area contributed by atoms with Gasteiger partial charge in [0.25, 0.3) is 0 Å². The van der Waals surface area contributed by atoms with Crippen LogP contribution in [0.1, 0.15) is 44.0 Å². The highest BCUT2D eigenvalue weighted by Gasteiger charge is 2.31. The molecule has 29 heavy (non-hydrogen) atoms. The quantitative estimate of drug-likeness (QED) is 0.730. The Balaban J connectivity index is 1.52. The van der Waals surface area contributed by atoms with Crippen molar-refractivity contribution in [2.75, 3.05) is 26.3 Å². The van der Waals surface area contributed by atoms with Gasteiger partial charge in [-0.2, -0.15) is 0 Å². The molecule has 2 heterocycles. The molecule has 2 aliphatic rings. The van der Waals surface area contributed by atoms with Crippen LogP contribution in [-0.2, 0) is 4.79 Å². The molecule has 0 radical (unpaired) electrons. The molecule has 0 bridgehead atoms. The number of benzene rings is 1. The summed E-state index contributed by atoms with van der Waals surface area (Å²) >= 11 is 0. The SMILES string of the molecule is CC(C)NC(=O)NC(=O)[C@H](C)N1CCC(C(=O)c2ccc3c(c2)OCCO3)CC1. The van der Waals surface area contributed by atoms with Gasteiger partial charge in [0.1, 0.15) is 13.2 Å². The summed E-state index contributed by atoms with van der Waals surface area (Å²) in [5, 5.41) is 5.01. The van der Waals surface area contributed by atoms with E-state index in [-0.39, 0.29) is 23.7 Å². The van der Waals surface area contributed by atoms with Crippen LogP contribution in [0.4, 0.5) is 4.79 Å². The van der Waals surface area contributed by atoms with Crippen LogP contribution in [0, 0.1) is 5.92 Å². The van der Waals surface area contributed by atoms with Crippen molar-refractivity contribution in [1.82, 2.24) is 15.5 Å². The molecule has 1 atom stereocenters. The van der Waals surface area contributed by atoms with Crippen LogP contribution in [0.2, 0.25) is 0 Å². The summed E-state index contributed by atoms with van der Waals surface area (Å²) < 4.78 is 11.1. The largest absolute Gasteiger partial charge is 0.486 e. The van der Waals surface area contributed by atoms with Crippen molar-refractivity contribution >= 4 is 17.7 Å². The van der Waals surface area contributed by atoms with Gasteiger partial charge in [-0.3, -0.25) is 19.8 Å². The highest BCUT2D eigenvalue weighted by Crippen LogP contribution is 2.32. The Hall–Kier alpha value is -2.61. The number of nitrogens with one attached hydrogen (secondary N) is 2. The summed E-state index contributed by atoms with van der Waals surface area (Å²) in [6.07, 6.45) is 1.34. The number of nitrogens with zero attached hydrogens (tertiary/aromatic N) is 1. The van der Waals surface area contributed by atoms with Gasteiger partial charge in [0.2, 0.25) is 5.91 Å². The van der Waals surface area contributed by atoms with E-state index in [0.29, 0.717) is 56.2 Å².